The molecule has 10 heavy (non-hydrogen) atoms. The molecule has 0 amide bonds. The zero-order valence-electron chi connectivity index (χ0n) is 6.38. The van der Waals surface area contributed by atoms with Gasteiger partial charge in [-0.05, 0) is 30.8 Å². The molecule has 0 aromatic rings. The first-order valence-electron chi connectivity index (χ1n) is 3.60. The molecule has 2 heteroatoms. The number of hydrogen-bond donors (Lipinski definition) is 1. The van der Waals surface area contributed by atoms with Crippen molar-refractivity contribution in [2.24, 2.45) is 5.73 Å². The van der Waals surface area contributed by atoms with Gasteiger partial charge in [0.25, 0.3) is 0 Å². The standard InChI is InChI=1S/C8H14N2/c1-10-6-3-8(2-5-9)4-7-10/h3-4,6H,2,5,7,9H2,1H3. The van der Waals surface area contributed by atoms with Gasteiger partial charge in [0.2, 0.25) is 0 Å². The van der Waals surface area contributed by atoms with Crippen LogP contribution >= 0.6 is 0 Å². The largest absolute Gasteiger partial charge is 0.377 e. The summed E-state index contributed by atoms with van der Waals surface area (Å²) >= 11 is 0. The Bertz CT molecular complexity index is 159. The van der Waals surface area contributed by atoms with Crippen LogP contribution in [0.5, 0.6) is 0 Å². The SMILES string of the molecule is CN1C=CC(CCN)=CC1. The fraction of sp³-hybridized carbons (Fsp3) is 0.500. The van der Waals surface area contributed by atoms with Gasteiger partial charge in [0.05, 0.1) is 0 Å². The molecule has 0 fully saturated rings. The Balaban J connectivity index is 2.42. The Kier molecular flexibility index (Phi) is 2.51. The molecule has 2 nitrogen and oxygen atoms in total. The van der Waals surface area contributed by atoms with Crippen molar-refractivity contribution >= 4 is 0 Å². The Hall–Kier alpha value is -0.760. The van der Waals surface area contributed by atoms with Crippen LogP contribution in [0.15, 0.2) is 23.9 Å². The van der Waals surface area contributed by atoms with E-state index in [0.29, 0.717) is 0 Å². The maximum Gasteiger partial charge on any atom is 0.0356 e. The Morgan fingerprint density at radius 2 is 2.50 bits per heavy atom. The van der Waals surface area contributed by atoms with Gasteiger partial charge in [0.15, 0.2) is 0 Å². The highest BCUT2D eigenvalue weighted by Crippen LogP contribution is 2.07. The average molecular weight is 138 g/mol. The van der Waals surface area contributed by atoms with Crippen LogP contribution in [0.25, 0.3) is 0 Å². The van der Waals surface area contributed by atoms with E-state index < -0.39 is 0 Å². The molecule has 0 aromatic carbocycles. The zero-order chi connectivity index (χ0) is 7.40. The molecule has 0 saturated heterocycles. The van der Waals surface area contributed by atoms with Gasteiger partial charge in [0.1, 0.15) is 0 Å². The van der Waals surface area contributed by atoms with Crippen molar-refractivity contribution in [3.05, 3.63) is 23.9 Å². The number of allylic oxidation sites excluding steroid dienone is 1. The van der Waals surface area contributed by atoms with Gasteiger partial charge in [-0.3, -0.25) is 0 Å². The summed E-state index contributed by atoms with van der Waals surface area (Å²) in [5, 5.41) is 0. The lowest BCUT2D eigenvalue weighted by molar-refractivity contribution is 0.501. The highest BCUT2D eigenvalue weighted by molar-refractivity contribution is 5.22. The van der Waals surface area contributed by atoms with E-state index in [9.17, 15) is 0 Å². The van der Waals surface area contributed by atoms with Crippen molar-refractivity contribution in [3.8, 4) is 0 Å². The zero-order valence-corrected chi connectivity index (χ0v) is 6.38. The summed E-state index contributed by atoms with van der Waals surface area (Å²) < 4.78 is 0. The summed E-state index contributed by atoms with van der Waals surface area (Å²) in [6.07, 6.45) is 7.43. The average Bonchev–Trinajstić information content (AvgIpc) is 1.95. The molecule has 0 atom stereocenters. The lowest BCUT2D eigenvalue weighted by atomic mass is 10.1. The number of rotatable bonds is 2. The van der Waals surface area contributed by atoms with Gasteiger partial charge >= 0.3 is 0 Å². The molecular formula is C8H14N2. The monoisotopic (exact) mass is 138 g/mol. The van der Waals surface area contributed by atoms with Gasteiger partial charge in [-0.2, -0.15) is 0 Å². The summed E-state index contributed by atoms with van der Waals surface area (Å²) in [5.74, 6) is 0. The number of nitrogens with two attached hydrogens (primary N) is 1. The molecule has 0 radical (unpaired) electrons. The normalized spacial score (nSPS) is 17.4. The molecule has 1 aliphatic heterocycles. The summed E-state index contributed by atoms with van der Waals surface area (Å²) in [6, 6.07) is 0. The van der Waals surface area contributed by atoms with Crippen LogP contribution in [-0.4, -0.2) is 25.0 Å². The van der Waals surface area contributed by atoms with Crippen LogP contribution in [-0.2, 0) is 0 Å². The van der Waals surface area contributed by atoms with E-state index in [-0.39, 0.29) is 0 Å². The summed E-state index contributed by atoms with van der Waals surface area (Å²) in [5.41, 5.74) is 6.77. The molecular weight excluding hydrogens is 124 g/mol. The van der Waals surface area contributed by atoms with Crippen molar-refractivity contribution in [1.82, 2.24) is 4.90 Å². The predicted octanol–water partition coefficient (Wildman–Crippen LogP) is 0.721. The van der Waals surface area contributed by atoms with Gasteiger partial charge in [-0.15, -0.1) is 0 Å². The molecule has 0 spiro atoms. The summed E-state index contributed by atoms with van der Waals surface area (Å²) in [4.78, 5) is 2.14. The molecule has 0 aliphatic carbocycles. The van der Waals surface area contributed by atoms with Crippen molar-refractivity contribution < 1.29 is 0 Å². The van der Waals surface area contributed by atoms with Crippen LogP contribution in [0.3, 0.4) is 0 Å². The molecule has 1 rings (SSSR count). The summed E-state index contributed by atoms with van der Waals surface area (Å²) in [7, 11) is 2.06. The maximum atomic E-state index is 5.41. The minimum absolute atomic E-state index is 0.750. The number of likely N-dealkylation sites (N-methyl/N-ethyl adjacent to an activating group) is 1. The van der Waals surface area contributed by atoms with Gasteiger partial charge in [-0.1, -0.05) is 6.08 Å². The van der Waals surface area contributed by atoms with Gasteiger partial charge in [0, 0.05) is 13.6 Å². The number of nitrogens with zero attached hydrogens (tertiary/aromatic N) is 1. The van der Waals surface area contributed by atoms with E-state index in [1.165, 1.54) is 5.57 Å². The minimum atomic E-state index is 0.750. The molecule has 0 unspecified atom stereocenters. The van der Waals surface area contributed by atoms with Crippen molar-refractivity contribution in [2.75, 3.05) is 20.1 Å². The Morgan fingerprint density at radius 3 is 3.00 bits per heavy atom. The highest BCUT2D eigenvalue weighted by atomic mass is 15.1. The third-order valence-electron chi connectivity index (χ3n) is 1.62. The van der Waals surface area contributed by atoms with Crippen LogP contribution in [0.2, 0.25) is 0 Å². The fourth-order valence-corrected chi connectivity index (χ4v) is 0.965. The van der Waals surface area contributed by atoms with E-state index in [1.54, 1.807) is 0 Å². The van der Waals surface area contributed by atoms with Gasteiger partial charge < -0.3 is 10.6 Å². The fourth-order valence-electron chi connectivity index (χ4n) is 0.965. The molecule has 1 heterocycles. The first-order valence-corrected chi connectivity index (χ1v) is 3.60. The lowest BCUT2D eigenvalue weighted by Gasteiger charge is -2.16. The summed E-state index contributed by atoms with van der Waals surface area (Å²) in [6.45, 7) is 1.77. The predicted molar refractivity (Wildman–Crippen MR) is 43.5 cm³/mol. The molecule has 0 bridgehead atoms. The third kappa shape index (κ3) is 1.88. The third-order valence-corrected chi connectivity index (χ3v) is 1.62. The molecule has 0 aromatic heterocycles. The lowest BCUT2D eigenvalue weighted by Crippen LogP contribution is -2.14. The van der Waals surface area contributed by atoms with Crippen LogP contribution in [0.4, 0.5) is 0 Å². The van der Waals surface area contributed by atoms with E-state index >= 15 is 0 Å². The second kappa shape index (κ2) is 3.42. The van der Waals surface area contributed by atoms with E-state index in [2.05, 4.69) is 30.3 Å². The smallest absolute Gasteiger partial charge is 0.0356 e. The van der Waals surface area contributed by atoms with E-state index in [4.69, 9.17) is 5.73 Å². The molecule has 0 saturated carbocycles. The maximum absolute atomic E-state index is 5.41. The highest BCUT2D eigenvalue weighted by Gasteiger charge is 1.97. The van der Waals surface area contributed by atoms with Crippen molar-refractivity contribution in [3.63, 3.8) is 0 Å². The first-order chi connectivity index (χ1) is 4.83. The molecule has 1 aliphatic rings. The van der Waals surface area contributed by atoms with Crippen LogP contribution in [0, 0.1) is 0 Å². The van der Waals surface area contributed by atoms with Gasteiger partial charge in [-0.25, -0.2) is 0 Å². The first kappa shape index (κ1) is 7.35. The van der Waals surface area contributed by atoms with Crippen LogP contribution in [0.1, 0.15) is 6.42 Å². The van der Waals surface area contributed by atoms with E-state index in [0.717, 1.165) is 19.5 Å². The topological polar surface area (TPSA) is 29.3 Å². The van der Waals surface area contributed by atoms with E-state index in [1.807, 2.05) is 0 Å². The quantitative estimate of drug-likeness (QED) is 0.609. The second-order valence-electron chi connectivity index (χ2n) is 2.57. The molecule has 2 N–H and O–H groups in total. The minimum Gasteiger partial charge on any atom is -0.377 e. The second-order valence-corrected chi connectivity index (χ2v) is 2.57. The molecule has 56 valence electrons. The van der Waals surface area contributed by atoms with Crippen molar-refractivity contribution in [2.45, 2.75) is 6.42 Å². The van der Waals surface area contributed by atoms with Crippen molar-refractivity contribution in [1.29, 1.82) is 0 Å². The Morgan fingerprint density at radius 1 is 1.70 bits per heavy atom. The van der Waals surface area contributed by atoms with Crippen LogP contribution < -0.4 is 5.73 Å². The number of hydrogen-bond acceptors (Lipinski definition) is 2. The Labute approximate surface area is 62.0 Å².